The minimum Gasteiger partial charge on any atom is -0.456 e. The summed E-state index contributed by atoms with van der Waals surface area (Å²) in [6, 6.07) is 65.3. The third-order valence-electron chi connectivity index (χ3n) is 12.7. The van der Waals surface area contributed by atoms with Crippen LogP contribution in [0.15, 0.2) is 180 Å². The van der Waals surface area contributed by atoms with E-state index in [1.807, 2.05) is 6.07 Å². The lowest BCUT2D eigenvalue weighted by molar-refractivity contribution is 0.660. The highest BCUT2D eigenvalue weighted by atomic mass is 16.3. The third kappa shape index (κ3) is 3.99. The van der Waals surface area contributed by atoms with Crippen LogP contribution in [0.1, 0.15) is 56.1 Å². The van der Waals surface area contributed by atoms with Crippen LogP contribution in [-0.4, -0.2) is 0 Å². The van der Waals surface area contributed by atoms with E-state index in [-0.39, 0.29) is 14.3 Å². The highest BCUT2D eigenvalue weighted by molar-refractivity contribution is 6.07. The third-order valence-corrected chi connectivity index (χ3v) is 12.7. The molecule has 55 heavy (non-hydrogen) atoms. The summed E-state index contributed by atoms with van der Waals surface area (Å²) in [7, 11) is 0. The van der Waals surface area contributed by atoms with Crippen molar-refractivity contribution >= 4 is 39.0 Å². The van der Waals surface area contributed by atoms with Crippen molar-refractivity contribution in [3.05, 3.63) is 209 Å². The van der Waals surface area contributed by atoms with Gasteiger partial charge in [-0.2, -0.15) is 0 Å². The normalized spacial score (nSPS) is 14.5. The average molecular weight is 708 g/mol. The van der Waals surface area contributed by atoms with Gasteiger partial charge < -0.3 is 9.32 Å². The summed E-state index contributed by atoms with van der Waals surface area (Å²) in [5, 5.41) is 2.24. The predicted octanol–water partition coefficient (Wildman–Crippen LogP) is 14.6. The van der Waals surface area contributed by atoms with Crippen molar-refractivity contribution in [2.45, 2.75) is 32.1 Å². The minimum absolute atomic E-state index is 0. The summed E-state index contributed by atoms with van der Waals surface area (Å²) >= 11 is 0. The van der Waals surface area contributed by atoms with E-state index in [2.05, 4.69) is 189 Å². The molecule has 1 heterocycles. The SMILES string of the molecule is C.CC1(C)c2ccccc2-c2ccc(N(c3ccc4oc5ccccc5c4c3)c3cccc4c3-c3ccccc3C43c4ccccc4-c4ccccc43)cc21.[HH]. The molecule has 8 aromatic carbocycles. The fourth-order valence-corrected chi connectivity index (χ4v) is 10.4. The number of hydrogen-bond acceptors (Lipinski definition) is 2. The lowest BCUT2D eigenvalue weighted by atomic mass is 9.70. The van der Waals surface area contributed by atoms with Crippen molar-refractivity contribution in [3.63, 3.8) is 0 Å². The molecule has 0 bridgehead atoms. The molecule has 0 saturated carbocycles. The highest BCUT2D eigenvalue weighted by Crippen LogP contribution is 2.65. The predicted molar refractivity (Wildman–Crippen MR) is 231 cm³/mol. The molecule has 1 aromatic heterocycles. The number of para-hydroxylation sites is 1. The Balaban J connectivity index is 0.00000192. The van der Waals surface area contributed by atoms with E-state index >= 15 is 0 Å². The summed E-state index contributed by atoms with van der Waals surface area (Å²) in [6.07, 6.45) is 0. The van der Waals surface area contributed by atoms with Crippen LogP contribution >= 0.6 is 0 Å². The molecule has 0 fully saturated rings. The number of furan rings is 1. The van der Waals surface area contributed by atoms with Crippen molar-refractivity contribution in [1.82, 2.24) is 0 Å². The Labute approximate surface area is 323 Å². The molecular weight excluding hydrogens is 667 g/mol. The Morgan fingerprint density at radius 2 is 0.927 bits per heavy atom. The Morgan fingerprint density at radius 3 is 1.65 bits per heavy atom. The first kappa shape index (κ1) is 31.8. The van der Waals surface area contributed by atoms with Gasteiger partial charge in [0.15, 0.2) is 0 Å². The zero-order valence-electron chi connectivity index (χ0n) is 30.1. The Morgan fingerprint density at radius 1 is 0.418 bits per heavy atom. The molecule has 3 aliphatic rings. The largest absolute Gasteiger partial charge is 0.456 e. The zero-order valence-corrected chi connectivity index (χ0v) is 30.1. The van der Waals surface area contributed by atoms with E-state index in [0.29, 0.717) is 0 Å². The molecule has 0 atom stereocenters. The van der Waals surface area contributed by atoms with Crippen molar-refractivity contribution < 1.29 is 5.84 Å². The molecule has 2 nitrogen and oxygen atoms in total. The van der Waals surface area contributed by atoms with Crippen LogP contribution in [0.4, 0.5) is 17.1 Å². The Bertz CT molecular complexity index is 3010. The second-order valence-corrected chi connectivity index (χ2v) is 15.6. The molecule has 264 valence electrons. The van der Waals surface area contributed by atoms with Gasteiger partial charge in [0.1, 0.15) is 11.2 Å². The topological polar surface area (TPSA) is 16.4 Å². The van der Waals surface area contributed by atoms with Crippen LogP contribution in [-0.2, 0) is 10.8 Å². The van der Waals surface area contributed by atoms with Crippen LogP contribution < -0.4 is 4.90 Å². The fourth-order valence-electron chi connectivity index (χ4n) is 10.4. The Hall–Kier alpha value is -6.64. The first-order valence-electron chi connectivity index (χ1n) is 18.9. The van der Waals surface area contributed by atoms with Crippen LogP contribution in [0.25, 0.3) is 55.3 Å². The second kappa shape index (κ2) is 11.2. The van der Waals surface area contributed by atoms with E-state index in [1.165, 1.54) is 72.4 Å². The lowest BCUT2D eigenvalue weighted by Gasteiger charge is -2.32. The smallest absolute Gasteiger partial charge is 0.135 e. The summed E-state index contributed by atoms with van der Waals surface area (Å²) in [5.74, 6) is 0. The van der Waals surface area contributed by atoms with Crippen molar-refractivity contribution in [2.24, 2.45) is 0 Å². The summed E-state index contributed by atoms with van der Waals surface area (Å²) in [6.45, 7) is 4.73. The lowest BCUT2D eigenvalue weighted by Crippen LogP contribution is -2.26. The molecule has 0 N–H and O–H groups in total. The Kier molecular flexibility index (Phi) is 6.48. The van der Waals surface area contributed by atoms with Gasteiger partial charge in [-0.05, 0) is 104 Å². The van der Waals surface area contributed by atoms with Gasteiger partial charge in [-0.1, -0.05) is 155 Å². The summed E-state index contributed by atoms with van der Waals surface area (Å²) in [4.78, 5) is 2.50. The first-order valence-corrected chi connectivity index (χ1v) is 18.9. The van der Waals surface area contributed by atoms with E-state index in [1.54, 1.807) is 0 Å². The van der Waals surface area contributed by atoms with Gasteiger partial charge in [0.25, 0.3) is 0 Å². The standard InChI is InChI=1S/C52H35NO.CH4.H2/c1-51(2)41-19-8-3-14-34(41)37-28-26-33(31-46(37)51)53(32-27-29-49-40(30-32)38-17-7-12-25-48(38)54-49)47-24-13-23-45-50(47)39-18-6-11-22-44(39)52(45)42-20-9-4-15-35(42)36-16-5-10-21-43(36)52;;/h3-31H,1-2H3;1H4;1H. The number of nitrogens with zero attached hydrogens (tertiary/aromatic N) is 1. The maximum Gasteiger partial charge on any atom is 0.135 e. The van der Waals surface area contributed by atoms with E-state index in [0.717, 1.165) is 33.3 Å². The molecule has 9 aromatic rings. The fraction of sp³-hybridized carbons (Fsp3) is 0.0943. The van der Waals surface area contributed by atoms with E-state index in [4.69, 9.17) is 4.42 Å². The average Bonchev–Trinajstić information content (AvgIpc) is 3.91. The maximum atomic E-state index is 6.35. The number of fused-ring (bicyclic) bond motifs is 16. The van der Waals surface area contributed by atoms with E-state index in [9.17, 15) is 0 Å². The molecule has 1 spiro atoms. The molecule has 0 radical (unpaired) electrons. The molecule has 0 amide bonds. The first-order chi connectivity index (χ1) is 26.5. The van der Waals surface area contributed by atoms with Crippen LogP contribution in [0.3, 0.4) is 0 Å². The zero-order chi connectivity index (χ0) is 35.8. The van der Waals surface area contributed by atoms with Gasteiger partial charge in [-0.15, -0.1) is 0 Å². The van der Waals surface area contributed by atoms with Crippen LogP contribution in [0.5, 0.6) is 0 Å². The van der Waals surface area contributed by atoms with Crippen molar-refractivity contribution in [2.75, 3.05) is 4.90 Å². The molecular formula is C53H41NO. The van der Waals surface area contributed by atoms with Gasteiger partial charge in [-0.25, -0.2) is 0 Å². The number of anilines is 3. The summed E-state index contributed by atoms with van der Waals surface area (Å²) in [5.41, 5.74) is 20.6. The van der Waals surface area contributed by atoms with Gasteiger partial charge in [-0.3, -0.25) is 0 Å². The van der Waals surface area contributed by atoms with E-state index < -0.39 is 5.41 Å². The monoisotopic (exact) mass is 707 g/mol. The second-order valence-electron chi connectivity index (χ2n) is 15.6. The molecule has 0 unspecified atom stereocenters. The highest BCUT2D eigenvalue weighted by Gasteiger charge is 2.52. The summed E-state index contributed by atoms with van der Waals surface area (Å²) < 4.78 is 6.35. The number of hydrogen-bond donors (Lipinski definition) is 0. The van der Waals surface area contributed by atoms with Gasteiger partial charge in [0, 0.05) is 34.6 Å². The number of benzene rings is 8. The quantitative estimate of drug-likeness (QED) is 0.182. The van der Waals surface area contributed by atoms with Gasteiger partial charge >= 0.3 is 0 Å². The van der Waals surface area contributed by atoms with Gasteiger partial charge in [0.05, 0.1) is 11.1 Å². The minimum atomic E-state index is -0.424. The molecule has 2 heteroatoms. The number of rotatable bonds is 3. The van der Waals surface area contributed by atoms with Crippen LogP contribution in [0, 0.1) is 0 Å². The maximum absolute atomic E-state index is 6.35. The van der Waals surface area contributed by atoms with Gasteiger partial charge in [0.2, 0.25) is 0 Å². The van der Waals surface area contributed by atoms with Crippen molar-refractivity contribution in [1.29, 1.82) is 0 Å². The molecule has 0 saturated heterocycles. The molecule has 12 rings (SSSR count). The molecule has 3 aliphatic carbocycles. The van der Waals surface area contributed by atoms with Crippen molar-refractivity contribution in [3.8, 4) is 33.4 Å². The molecule has 0 aliphatic heterocycles. The van der Waals surface area contributed by atoms with Crippen LogP contribution in [0.2, 0.25) is 0 Å².